The van der Waals surface area contributed by atoms with Crippen LogP contribution in [-0.4, -0.2) is 16.3 Å². The molecule has 1 aromatic carbocycles. The third-order valence-electron chi connectivity index (χ3n) is 2.96. The molecule has 0 bridgehead atoms. The van der Waals surface area contributed by atoms with E-state index < -0.39 is 17.5 Å². The predicted molar refractivity (Wildman–Crippen MR) is 71.8 cm³/mol. The van der Waals surface area contributed by atoms with E-state index in [1.807, 2.05) is 6.92 Å². The van der Waals surface area contributed by atoms with Gasteiger partial charge in [-0.15, -0.1) is 0 Å². The number of rotatable bonds is 4. The quantitative estimate of drug-likeness (QED) is 0.879. The van der Waals surface area contributed by atoms with Gasteiger partial charge in [0.15, 0.2) is 17.5 Å². The first-order valence-electron chi connectivity index (χ1n) is 6.40. The van der Waals surface area contributed by atoms with E-state index in [-0.39, 0.29) is 23.4 Å². The van der Waals surface area contributed by atoms with E-state index in [1.54, 1.807) is 0 Å². The summed E-state index contributed by atoms with van der Waals surface area (Å²) in [6.07, 6.45) is 0. The van der Waals surface area contributed by atoms with Gasteiger partial charge in [0.2, 0.25) is 5.43 Å². The topological polar surface area (TPSA) is 46.9 Å². The molecule has 0 radical (unpaired) electrons. The van der Waals surface area contributed by atoms with Crippen LogP contribution in [0.4, 0.5) is 13.2 Å². The summed E-state index contributed by atoms with van der Waals surface area (Å²) in [4.78, 5) is 11.8. The van der Waals surface area contributed by atoms with Crippen LogP contribution < -0.4 is 10.7 Å². The highest BCUT2D eigenvalue weighted by Crippen LogP contribution is 2.19. The Labute approximate surface area is 119 Å². The van der Waals surface area contributed by atoms with E-state index in [1.165, 1.54) is 13.0 Å². The van der Waals surface area contributed by atoms with Crippen molar-refractivity contribution in [3.63, 3.8) is 0 Å². The largest absolute Gasteiger partial charge is 0.311 e. The number of hydrogen-bond donors (Lipinski definition) is 1. The fourth-order valence-corrected chi connectivity index (χ4v) is 1.87. The van der Waals surface area contributed by atoms with Crippen molar-refractivity contribution in [3.05, 3.63) is 57.3 Å². The molecule has 0 atom stereocenters. The first-order chi connectivity index (χ1) is 9.95. The van der Waals surface area contributed by atoms with E-state index in [9.17, 15) is 18.0 Å². The van der Waals surface area contributed by atoms with Crippen LogP contribution >= 0.6 is 0 Å². The predicted octanol–water partition coefficient (Wildman–Crippen LogP) is 2.07. The number of benzene rings is 1. The summed E-state index contributed by atoms with van der Waals surface area (Å²) in [5.74, 6) is -4.19. The first-order valence-corrected chi connectivity index (χ1v) is 6.40. The zero-order valence-electron chi connectivity index (χ0n) is 11.6. The number of halogens is 3. The molecule has 0 unspecified atom stereocenters. The molecule has 0 aliphatic carbocycles. The molecule has 2 aromatic rings. The minimum Gasteiger partial charge on any atom is -0.311 e. The van der Waals surface area contributed by atoms with Crippen LogP contribution in [0.15, 0.2) is 23.0 Å². The molecule has 0 saturated carbocycles. The number of nitrogens with one attached hydrogen (secondary N) is 1. The normalized spacial score (nSPS) is 10.9. The van der Waals surface area contributed by atoms with Gasteiger partial charge in [-0.05, 0) is 25.6 Å². The molecule has 0 aliphatic rings. The summed E-state index contributed by atoms with van der Waals surface area (Å²) in [5.41, 5.74) is -0.0476. The van der Waals surface area contributed by atoms with Crippen molar-refractivity contribution >= 4 is 0 Å². The highest BCUT2D eigenvalue weighted by Gasteiger charge is 2.17. The van der Waals surface area contributed by atoms with Gasteiger partial charge >= 0.3 is 0 Å². The number of aryl methyl sites for hydroxylation is 1. The molecule has 1 aromatic heterocycles. The van der Waals surface area contributed by atoms with Gasteiger partial charge in [0.1, 0.15) is 11.4 Å². The van der Waals surface area contributed by atoms with Crippen molar-refractivity contribution in [2.24, 2.45) is 0 Å². The lowest BCUT2D eigenvalue weighted by atomic mass is 10.2. The maximum Gasteiger partial charge on any atom is 0.204 e. The number of hydrogen-bond acceptors (Lipinski definition) is 3. The third kappa shape index (κ3) is 2.97. The van der Waals surface area contributed by atoms with Crippen LogP contribution in [0.3, 0.4) is 0 Å². The molecular formula is C14H14F3N3O. The third-order valence-corrected chi connectivity index (χ3v) is 2.96. The molecule has 0 amide bonds. The van der Waals surface area contributed by atoms with Crippen molar-refractivity contribution in [2.45, 2.75) is 20.4 Å². The highest BCUT2D eigenvalue weighted by atomic mass is 19.2. The summed E-state index contributed by atoms with van der Waals surface area (Å²) in [7, 11) is 0. The molecule has 2 rings (SSSR count). The molecule has 21 heavy (non-hydrogen) atoms. The zero-order valence-corrected chi connectivity index (χ0v) is 11.6. The summed E-state index contributed by atoms with van der Waals surface area (Å²) >= 11 is 0. The Morgan fingerprint density at radius 3 is 2.62 bits per heavy atom. The average molecular weight is 297 g/mol. The summed E-state index contributed by atoms with van der Waals surface area (Å²) in [6.45, 7) is 4.24. The minimum absolute atomic E-state index is 0.173. The average Bonchev–Trinajstić information content (AvgIpc) is 2.45. The summed E-state index contributed by atoms with van der Waals surface area (Å²) < 4.78 is 41.2. The van der Waals surface area contributed by atoms with Crippen molar-refractivity contribution in [1.29, 1.82) is 0 Å². The lowest BCUT2D eigenvalue weighted by molar-refractivity contribution is 0.442. The van der Waals surface area contributed by atoms with E-state index >= 15 is 0 Å². The molecule has 112 valence electrons. The Bertz CT molecular complexity index is 728. The lowest BCUT2D eigenvalue weighted by Crippen LogP contribution is -2.24. The van der Waals surface area contributed by atoms with Crippen LogP contribution in [0.25, 0.3) is 5.69 Å². The van der Waals surface area contributed by atoms with Gasteiger partial charge < -0.3 is 5.32 Å². The Morgan fingerprint density at radius 1 is 1.24 bits per heavy atom. The van der Waals surface area contributed by atoms with Crippen LogP contribution in [0.1, 0.15) is 18.3 Å². The van der Waals surface area contributed by atoms with E-state index in [4.69, 9.17) is 0 Å². The van der Waals surface area contributed by atoms with Gasteiger partial charge in [-0.2, -0.15) is 5.10 Å². The molecule has 0 aliphatic heterocycles. The van der Waals surface area contributed by atoms with E-state index in [2.05, 4.69) is 10.4 Å². The zero-order chi connectivity index (χ0) is 15.6. The van der Waals surface area contributed by atoms with Crippen LogP contribution in [0.5, 0.6) is 0 Å². The summed E-state index contributed by atoms with van der Waals surface area (Å²) in [6, 6.07) is 3.17. The Balaban J connectivity index is 2.58. The van der Waals surface area contributed by atoms with Gasteiger partial charge in [0.05, 0.1) is 0 Å². The Kier molecular flexibility index (Phi) is 4.42. The van der Waals surface area contributed by atoms with Crippen molar-refractivity contribution in [3.8, 4) is 5.69 Å². The maximum absolute atomic E-state index is 13.8. The van der Waals surface area contributed by atoms with Crippen LogP contribution in [-0.2, 0) is 6.54 Å². The highest BCUT2D eigenvalue weighted by molar-refractivity contribution is 5.35. The van der Waals surface area contributed by atoms with E-state index in [0.29, 0.717) is 12.2 Å². The number of aromatic nitrogens is 2. The molecule has 7 heteroatoms. The van der Waals surface area contributed by atoms with Gasteiger partial charge in [0.25, 0.3) is 0 Å². The van der Waals surface area contributed by atoms with Gasteiger partial charge in [0, 0.05) is 18.3 Å². The van der Waals surface area contributed by atoms with Crippen LogP contribution in [0, 0.1) is 24.4 Å². The molecule has 1 heterocycles. The fourth-order valence-electron chi connectivity index (χ4n) is 1.87. The van der Waals surface area contributed by atoms with Crippen molar-refractivity contribution in [2.75, 3.05) is 6.54 Å². The molecule has 0 fully saturated rings. The maximum atomic E-state index is 13.8. The second kappa shape index (κ2) is 6.09. The second-order valence-corrected chi connectivity index (χ2v) is 4.48. The number of nitrogens with zero attached hydrogens (tertiary/aromatic N) is 2. The Morgan fingerprint density at radius 2 is 1.95 bits per heavy atom. The standard InChI is InChI=1S/C14H14F3N3O/c1-3-18-7-10-12(21)6-8(2)20(19-10)11-5-4-9(15)13(16)14(11)17/h4-6,18H,3,7H2,1-2H3. The van der Waals surface area contributed by atoms with Gasteiger partial charge in [-0.3, -0.25) is 4.79 Å². The molecule has 4 nitrogen and oxygen atoms in total. The minimum atomic E-state index is -1.57. The first kappa shape index (κ1) is 15.2. The van der Waals surface area contributed by atoms with Crippen LogP contribution in [0.2, 0.25) is 0 Å². The molecular weight excluding hydrogens is 283 g/mol. The van der Waals surface area contributed by atoms with Crippen molar-refractivity contribution in [1.82, 2.24) is 15.1 Å². The summed E-state index contributed by atoms with van der Waals surface area (Å²) in [5, 5.41) is 6.96. The van der Waals surface area contributed by atoms with E-state index in [0.717, 1.165) is 16.8 Å². The smallest absolute Gasteiger partial charge is 0.204 e. The monoisotopic (exact) mass is 297 g/mol. The SMILES string of the molecule is CCNCc1nn(-c2ccc(F)c(F)c2F)c(C)cc1=O. The molecule has 0 spiro atoms. The Hall–Kier alpha value is -2.15. The lowest BCUT2D eigenvalue weighted by Gasteiger charge is -2.12. The molecule has 1 N–H and O–H groups in total. The molecule has 0 saturated heterocycles. The fraction of sp³-hybridized carbons (Fsp3) is 0.286. The van der Waals surface area contributed by atoms with Gasteiger partial charge in [-0.25, -0.2) is 17.9 Å². The van der Waals surface area contributed by atoms with Gasteiger partial charge in [-0.1, -0.05) is 6.92 Å². The second-order valence-electron chi connectivity index (χ2n) is 4.48. The van der Waals surface area contributed by atoms with Crippen molar-refractivity contribution < 1.29 is 13.2 Å².